The van der Waals surface area contributed by atoms with Gasteiger partial charge in [0.2, 0.25) is 5.79 Å². The van der Waals surface area contributed by atoms with Crippen molar-refractivity contribution in [2.24, 2.45) is 0 Å². The Morgan fingerprint density at radius 1 is 0.579 bits per heavy atom. The van der Waals surface area contributed by atoms with E-state index in [0.29, 0.717) is 0 Å². The summed E-state index contributed by atoms with van der Waals surface area (Å²) in [6.07, 6.45) is 4.03. The molecular formula is C34H31O3S+. The highest BCUT2D eigenvalue weighted by Gasteiger charge is 2.30. The van der Waals surface area contributed by atoms with Crippen LogP contribution in [0.5, 0.6) is 5.75 Å². The highest BCUT2D eigenvalue weighted by molar-refractivity contribution is 7.97. The maximum absolute atomic E-state index is 5.93. The molecule has 190 valence electrons. The van der Waals surface area contributed by atoms with Gasteiger partial charge in [-0.15, -0.1) is 0 Å². The molecule has 0 radical (unpaired) electrons. The molecule has 0 saturated heterocycles. The normalized spacial score (nSPS) is 11.9. The lowest BCUT2D eigenvalue weighted by atomic mass is 9.99. The smallest absolute Gasteiger partial charge is 0.214 e. The summed E-state index contributed by atoms with van der Waals surface area (Å²) in [4.78, 5) is 3.87. The molecule has 38 heavy (non-hydrogen) atoms. The number of fused-ring (bicyclic) bond motifs is 1. The van der Waals surface area contributed by atoms with E-state index >= 15 is 0 Å². The number of ether oxygens (including phenoxy) is 3. The fourth-order valence-electron chi connectivity index (χ4n) is 4.56. The first-order chi connectivity index (χ1) is 18.7. The third-order valence-electron chi connectivity index (χ3n) is 6.63. The average Bonchev–Trinajstić information content (AvgIpc) is 2.99. The first-order valence-corrected chi connectivity index (χ1v) is 13.7. The summed E-state index contributed by atoms with van der Waals surface area (Å²) in [7, 11) is 4.84. The molecule has 5 aromatic rings. The SMILES string of the molecule is COc1ccc2cc(C(/C=C/c3ccc([S+](c4ccccc4)c4ccccc4)cc3)(OC)OC)ccc2c1. The maximum Gasteiger partial charge on any atom is 0.214 e. The zero-order chi connectivity index (χ0) is 26.4. The number of methoxy groups -OCH3 is 3. The van der Waals surface area contributed by atoms with E-state index in [9.17, 15) is 0 Å². The molecule has 0 aliphatic heterocycles. The van der Waals surface area contributed by atoms with E-state index in [1.165, 1.54) is 14.7 Å². The maximum atomic E-state index is 5.93. The molecule has 5 aromatic carbocycles. The van der Waals surface area contributed by atoms with Crippen LogP contribution in [0.1, 0.15) is 11.1 Å². The van der Waals surface area contributed by atoms with Crippen LogP contribution >= 0.6 is 0 Å². The van der Waals surface area contributed by atoms with Crippen LogP contribution in [-0.4, -0.2) is 21.3 Å². The van der Waals surface area contributed by atoms with Crippen LogP contribution in [0.4, 0.5) is 0 Å². The Morgan fingerprint density at radius 3 is 1.71 bits per heavy atom. The topological polar surface area (TPSA) is 27.7 Å². The van der Waals surface area contributed by atoms with Gasteiger partial charge in [0.15, 0.2) is 14.7 Å². The molecule has 0 bridgehead atoms. The van der Waals surface area contributed by atoms with Gasteiger partial charge in [0.25, 0.3) is 0 Å². The second-order valence-electron chi connectivity index (χ2n) is 8.84. The van der Waals surface area contributed by atoms with Crippen molar-refractivity contribution in [3.05, 3.63) is 139 Å². The Bertz CT molecular complexity index is 1470. The van der Waals surface area contributed by atoms with E-state index in [4.69, 9.17) is 14.2 Å². The molecule has 0 aliphatic rings. The van der Waals surface area contributed by atoms with Gasteiger partial charge in [0.05, 0.1) is 18.0 Å². The largest absolute Gasteiger partial charge is 0.497 e. The highest BCUT2D eigenvalue weighted by Crippen LogP contribution is 2.34. The lowest BCUT2D eigenvalue weighted by Gasteiger charge is -2.28. The molecule has 0 atom stereocenters. The molecule has 0 aromatic heterocycles. The molecule has 0 saturated carbocycles. The van der Waals surface area contributed by atoms with Crippen molar-refractivity contribution < 1.29 is 14.2 Å². The van der Waals surface area contributed by atoms with Crippen LogP contribution in [0.3, 0.4) is 0 Å². The third kappa shape index (κ3) is 5.39. The summed E-state index contributed by atoms with van der Waals surface area (Å²) in [5.41, 5.74) is 1.99. The van der Waals surface area contributed by atoms with Gasteiger partial charge in [-0.05, 0) is 89.1 Å². The Kier molecular flexibility index (Phi) is 7.94. The van der Waals surface area contributed by atoms with Gasteiger partial charge in [-0.25, -0.2) is 0 Å². The van der Waals surface area contributed by atoms with Crippen LogP contribution in [0.25, 0.3) is 16.8 Å². The van der Waals surface area contributed by atoms with Crippen LogP contribution in [0.2, 0.25) is 0 Å². The van der Waals surface area contributed by atoms with Gasteiger partial charge >= 0.3 is 0 Å². The Balaban J connectivity index is 1.45. The Hall–Kier alpha value is -3.83. The van der Waals surface area contributed by atoms with Gasteiger partial charge in [-0.2, -0.15) is 0 Å². The average molecular weight is 520 g/mol. The molecule has 0 fully saturated rings. The van der Waals surface area contributed by atoms with Crippen LogP contribution in [0.15, 0.2) is 142 Å². The van der Waals surface area contributed by atoms with E-state index < -0.39 is 5.79 Å². The fraction of sp³-hybridized carbons (Fsp3) is 0.118. The summed E-state index contributed by atoms with van der Waals surface area (Å²) >= 11 is 0. The number of hydrogen-bond donors (Lipinski definition) is 0. The molecule has 4 heteroatoms. The van der Waals surface area contributed by atoms with E-state index in [1.807, 2.05) is 30.3 Å². The Labute approximate surface area is 227 Å². The first kappa shape index (κ1) is 25.8. The number of benzene rings is 5. The van der Waals surface area contributed by atoms with Crippen molar-refractivity contribution in [3.8, 4) is 5.75 Å². The van der Waals surface area contributed by atoms with E-state index in [-0.39, 0.29) is 10.9 Å². The van der Waals surface area contributed by atoms with Crippen molar-refractivity contribution in [2.45, 2.75) is 20.5 Å². The third-order valence-corrected chi connectivity index (χ3v) is 8.86. The summed E-state index contributed by atoms with van der Waals surface area (Å²) < 4.78 is 17.2. The molecular weight excluding hydrogens is 488 g/mol. The minimum absolute atomic E-state index is 0.175. The zero-order valence-electron chi connectivity index (χ0n) is 21.8. The molecule has 3 nitrogen and oxygen atoms in total. The fourth-order valence-corrected chi connectivity index (χ4v) is 6.64. The molecule has 0 unspecified atom stereocenters. The van der Waals surface area contributed by atoms with Gasteiger partial charge in [0.1, 0.15) is 5.75 Å². The second kappa shape index (κ2) is 11.7. The predicted molar refractivity (Wildman–Crippen MR) is 157 cm³/mol. The lowest BCUT2D eigenvalue weighted by Crippen LogP contribution is -2.28. The van der Waals surface area contributed by atoms with Crippen molar-refractivity contribution in [1.82, 2.24) is 0 Å². The lowest BCUT2D eigenvalue weighted by molar-refractivity contribution is -0.177. The highest BCUT2D eigenvalue weighted by atomic mass is 32.2. The quantitative estimate of drug-likeness (QED) is 0.145. The minimum atomic E-state index is -1.01. The zero-order valence-corrected chi connectivity index (χ0v) is 22.7. The van der Waals surface area contributed by atoms with Crippen molar-refractivity contribution in [3.63, 3.8) is 0 Å². The van der Waals surface area contributed by atoms with Crippen molar-refractivity contribution in [2.75, 3.05) is 21.3 Å². The van der Waals surface area contributed by atoms with E-state index in [2.05, 4.69) is 103 Å². The summed E-state index contributed by atoms with van der Waals surface area (Å²) in [6.45, 7) is 0. The van der Waals surface area contributed by atoms with Crippen LogP contribution in [0, 0.1) is 0 Å². The number of hydrogen-bond acceptors (Lipinski definition) is 3. The second-order valence-corrected chi connectivity index (χ2v) is 10.9. The van der Waals surface area contributed by atoms with Gasteiger partial charge in [-0.1, -0.05) is 60.7 Å². The molecule has 5 rings (SSSR count). The predicted octanol–water partition coefficient (Wildman–Crippen LogP) is 8.10. The Morgan fingerprint density at radius 2 is 1.13 bits per heavy atom. The van der Waals surface area contributed by atoms with E-state index in [0.717, 1.165) is 27.6 Å². The summed E-state index contributed by atoms with van der Waals surface area (Å²) in [6, 6.07) is 42.3. The molecule has 0 spiro atoms. The van der Waals surface area contributed by atoms with Gasteiger partial charge in [0, 0.05) is 19.8 Å². The van der Waals surface area contributed by atoms with Crippen molar-refractivity contribution >= 4 is 27.7 Å². The number of rotatable bonds is 9. The van der Waals surface area contributed by atoms with Gasteiger partial charge in [-0.3, -0.25) is 0 Å². The monoisotopic (exact) mass is 519 g/mol. The molecule has 0 heterocycles. The molecule has 0 N–H and O–H groups in total. The van der Waals surface area contributed by atoms with E-state index in [1.54, 1.807) is 21.3 Å². The molecule has 0 amide bonds. The van der Waals surface area contributed by atoms with Crippen LogP contribution < -0.4 is 4.74 Å². The van der Waals surface area contributed by atoms with Crippen molar-refractivity contribution in [1.29, 1.82) is 0 Å². The first-order valence-electron chi connectivity index (χ1n) is 12.5. The summed E-state index contributed by atoms with van der Waals surface area (Å²) in [5.74, 6) is -0.175. The molecule has 0 aliphatic carbocycles. The van der Waals surface area contributed by atoms with Gasteiger partial charge < -0.3 is 14.2 Å². The standard InChI is InChI=1S/C34H31O3S/c1-35-30-19-17-27-24-29(18-16-28(27)25-30)34(36-2,37-3)23-22-26-14-20-33(21-15-26)38(31-10-6-4-7-11-31)32-12-8-5-9-13-32/h4-25H,1-3H3/q+1/b23-22+. The van der Waals surface area contributed by atoms with Crippen LogP contribution in [-0.2, 0) is 26.2 Å². The minimum Gasteiger partial charge on any atom is -0.497 e. The summed E-state index contributed by atoms with van der Waals surface area (Å²) in [5, 5.41) is 2.19.